The average molecular weight is 229 g/mol. The molecule has 0 fully saturated rings. The lowest BCUT2D eigenvalue weighted by Gasteiger charge is -2.20. The molecular weight excluding hydrogens is 214 g/mol. The van der Waals surface area contributed by atoms with Gasteiger partial charge < -0.3 is 5.32 Å². The van der Waals surface area contributed by atoms with Gasteiger partial charge in [0.25, 0.3) is 0 Å². The smallest absolute Gasteiger partial charge is 0.222 e. The normalized spacial score (nSPS) is 18.6. The van der Waals surface area contributed by atoms with Gasteiger partial charge >= 0.3 is 0 Å². The molecule has 0 radical (unpaired) electrons. The average Bonchev–Trinajstić information content (AvgIpc) is 2.74. The second-order valence-electron chi connectivity index (χ2n) is 4.43. The predicted molar refractivity (Wildman–Crippen MR) is 65.8 cm³/mol. The third-order valence-electron chi connectivity index (χ3n) is 3.01. The Hall–Kier alpha value is -1.91. The van der Waals surface area contributed by atoms with Crippen molar-refractivity contribution in [2.45, 2.75) is 26.3 Å². The number of nitrogens with zero attached hydrogens (tertiary/aromatic N) is 4. The van der Waals surface area contributed by atoms with Gasteiger partial charge in [0.15, 0.2) is 0 Å². The Morgan fingerprint density at radius 1 is 1.35 bits per heavy atom. The number of anilines is 1. The van der Waals surface area contributed by atoms with Crippen molar-refractivity contribution in [1.29, 1.82) is 0 Å². The molecule has 2 aromatic heterocycles. The quantitative estimate of drug-likeness (QED) is 0.812. The van der Waals surface area contributed by atoms with Gasteiger partial charge in [0.1, 0.15) is 5.69 Å². The predicted octanol–water partition coefficient (Wildman–Crippen LogP) is 2.03. The Bertz CT molecular complexity index is 546. The van der Waals surface area contributed by atoms with Gasteiger partial charge in [0.2, 0.25) is 11.8 Å². The first-order valence-electron chi connectivity index (χ1n) is 5.88. The summed E-state index contributed by atoms with van der Waals surface area (Å²) in [7, 11) is 0. The molecule has 1 aliphatic heterocycles. The molecule has 5 heteroatoms. The minimum absolute atomic E-state index is 0.400. The van der Waals surface area contributed by atoms with Crippen molar-refractivity contribution in [3.8, 4) is 11.5 Å². The van der Waals surface area contributed by atoms with E-state index in [1.54, 1.807) is 0 Å². The zero-order chi connectivity index (χ0) is 11.8. The lowest BCUT2D eigenvalue weighted by atomic mass is 10.2. The number of nitrogens with one attached hydrogen (secondary N) is 1. The van der Waals surface area contributed by atoms with E-state index in [0.717, 1.165) is 30.3 Å². The van der Waals surface area contributed by atoms with E-state index >= 15 is 0 Å². The van der Waals surface area contributed by atoms with Crippen molar-refractivity contribution in [1.82, 2.24) is 19.7 Å². The minimum atomic E-state index is 0.400. The highest BCUT2D eigenvalue weighted by Gasteiger charge is 2.20. The van der Waals surface area contributed by atoms with Crippen LogP contribution in [0.1, 0.15) is 25.1 Å². The fourth-order valence-corrected chi connectivity index (χ4v) is 2.04. The minimum Gasteiger partial charge on any atom is -0.354 e. The van der Waals surface area contributed by atoms with Crippen molar-refractivity contribution in [2.75, 3.05) is 11.9 Å². The van der Waals surface area contributed by atoms with Crippen LogP contribution in [0.2, 0.25) is 0 Å². The van der Waals surface area contributed by atoms with Crippen LogP contribution in [0.15, 0.2) is 18.2 Å². The van der Waals surface area contributed by atoms with Gasteiger partial charge in [-0.3, -0.25) is 0 Å². The summed E-state index contributed by atoms with van der Waals surface area (Å²) in [4.78, 5) is 8.94. The summed E-state index contributed by atoms with van der Waals surface area (Å²) >= 11 is 0. The standard InChI is InChI=1S/C12H15N5/c1-8-4-3-5-10(14-8)11-15-12-13-7-6-9(2)17(12)16-11/h3-5,9H,6-7H2,1-2H3,(H,13,15,16). The lowest BCUT2D eigenvalue weighted by molar-refractivity contribution is 0.452. The highest BCUT2D eigenvalue weighted by atomic mass is 15.4. The van der Waals surface area contributed by atoms with Crippen molar-refractivity contribution in [2.24, 2.45) is 0 Å². The number of hydrogen-bond acceptors (Lipinski definition) is 4. The van der Waals surface area contributed by atoms with E-state index in [0.29, 0.717) is 11.9 Å². The van der Waals surface area contributed by atoms with Crippen LogP contribution in [0.3, 0.4) is 0 Å². The van der Waals surface area contributed by atoms with Crippen LogP contribution in [0.4, 0.5) is 5.95 Å². The van der Waals surface area contributed by atoms with Crippen LogP contribution in [-0.4, -0.2) is 26.3 Å². The fourth-order valence-electron chi connectivity index (χ4n) is 2.04. The van der Waals surface area contributed by atoms with E-state index in [-0.39, 0.29) is 0 Å². The molecule has 0 aromatic carbocycles. The largest absolute Gasteiger partial charge is 0.354 e. The lowest BCUT2D eigenvalue weighted by Crippen LogP contribution is -2.21. The van der Waals surface area contributed by atoms with E-state index in [1.165, 1.54) is 0 Å². The van der Waals surface area contributed by atoms with Gasteiger partial charge in [0, 0.05) is 12.2 Å². The first-order valence-corrected chi connectivity index (χ1v) is 5.88. The summed E-state index contributed by atoms with van der Waals surface area (Å²) in [5, 5.41) is 7.78. The zero-order valence-electron chi connectivity index (χ0n) is 10.0. The van der Waals surface area contributed by atoms with Crippen molar-refractivity contribution in [3.63, 3.8) is 0 Å². The fraction of sp³-hybridized carbons (Fsp3) is 0.417. The molecule has 88 valence electrons. The maximum atomic E-state index is 4.52. The van der Waals surface area contributed by atoms with Crippen LogP contribution in [0.5, 0.6) is 0 Å². The van der Waals surface area contributed by atoms with E-state index in [2.05, 4.69) is 27.3 Å². The van der Waals surface area contributed by atoms with Crippen LogP contribution in [-0.2, 0) is 0 Å². The summed E-state index contributed by atoms with van der Waals surface area (Å²) < 4.78 is 1.95. The highest BCUT2D eigenvalue weighted by Crippen LogP contribution is 2.24. The van der Waals surface area contributed by atoms with Crippen molar-refractivity contribution in [3.05, 3.63) is 23.9 Å². The molecule has 0 amide bonds. The molecular formula is C12H15N5. The molecule has 1 N–H and O–H groups in total. The zero-order valence-corrected chi connectivity index (χ0v) is 10.0. The topological polar surface area (TPSA) is 55.6 Å². The number of pyridine rings is 1. The molecule has 1 aliphatic rings. The second-order valence-corrected chi connectivity index (χ2v) is 4.43. The van der Waals surface area contributed by atoms with Gasteiger partial charge in [0.05, 0.1) is 6.04 Å². The van der Waals surface area contributed by atoms with Crippen LogP contribution in [0, 0.1) is 6.92 Å². The van der Waals surface area contributed by atoms with Crippen molar-refractivity contribution < 1.29 is 0 Å². The SMILES string of the molecule is Cc1cccc(-c2nc3n(n2)C(C)CCN3)n1. The highest BCUT2D eigenvalue weighted by molar-refractivity contribution is 5.51. The first kappa shape index (κ1) is 10.3. The van der Waals surface area contributed by atoms with Gasteiger partial charge in [-0.1, -0.05) is 6.07 Å². The molecule has 3 rings (SSSR count). The molecule has 5 nitrogen and oxygen atoms in total. The summed E-state index contributed by atoms with van der Waals surface area (Å²) in [5.41, 5.74) is 1.82. The van der Waals surface area contributed by atoms with Gasteiger partial charge in [-0.25, -0.2) is 9.67 Å². The monoisotopic (exact) mass is 229 g/mol. The Morgan fingerprint density at radius 3 is 3.00 bits per heavy atom. The van der Waals surface area contributed by atoms with Gasteiger partial charge in [-0.15, -0.1) is 5.10 Å². The third-order valence-corrected chi connectivity index (χ3v) is 3.01. The number of aromatic nitrogens is 4. The maximum Gasteiger partial charge on any atom is 0.222 e. The molecule has 0 saturated heterocycles. The van der Waals surface area contributed by atoms with E-state index in [1.807, 2.05) is 29.8 Å². The summed E-state index contributed by atoms with van der Waals surface area (Å²) in [6.07, 6.45) is 1.08. The van der Waals surface area contributed by atoms with E-state index < -0.39 is 0 Å². The van der Waals surface area contributed by atoms with Crippen LogP contribution in [0.25, 0.3) is 11.5 Å². The number of fused-ring (bicyclic) bond motifs is 1. The second kappa shape index (κ2) is 3.84. The number of aryl methyl sites for hydroxylation is 1. The Morgan fingerprint density at radius 2 is 2.24 bits per heavy atom. The molecule has 0 spiro atoms. The van der Waals surface area contributed by atoms with Gasteiger partial charge in [-0.2, -0.15) is 4.98 Å². The molecule has 2 aromatic rings. The molecule has 0 bridgehead atoms. The maximum absolute atomic E-state index is 4.52. The Balaban J connectivity index is 2.05. The first-order chi connectivity index (χ1) is 8.24. The number of hydrogen-bond donors (Lipinski definition) is 1. The number of rotatable bonds is 1. The molecule has 1 atom stereocenters. The van der Waals surface area contributed by atoms with Crippen LogP contribution >= 0.6 is 0 Å². The summed E-state index contributed by atoms with van der Waals surface area (Å²) in [5.74, 6) is 1.55. The van der Waals surface area contributed by atoms with E-state index in [9.17, 15) is 0 Å². The molecule has 1 unspecified atom stereocenters. The molecule has 17 heavy (non-hydrogen) atoms. The Kier molecular flexibility index (Phi) is 2.31. The third kappa shape index (κ3) is 1.77. The summed E-state index contributed by atoms with van der Waals surface area (Å²) in [6.45, 7) is 5.09. The molecule has 3 heterocycles. The molecule has 0 aliphatic carbocycles. The van der Waals surface area contributed by atoms with Crippen molar-refractivity contribution >= 4 is 5.95 Å². The van der Waals surface area contributed by atoms with Crippen LogP contribution < -0.4 is 5.32 Å². The summed E-state index contributed by atoms with van der Waals surface area (Å²) in [6, 6.07) is 6.30. The molecule has 0 saturated carbocycles. The van der Waals surface area contributed by atoms with E-state index in [4.69, 9.17) is 0 Å². The van der Waals surface area contributed by atoms with Gasteiger partial charge in [-0.05, 0) is 32.4 Å². The Labute approximate surface area is 99.9 Å².